The highest BCUT2D eigenvalue weighted by Crippen LogP contribution is 2.31. The van der Waals surface area contributed by atoms with Gasteiger partial charge >= 0.3 is 0 Å². The Kier molecular flexibility index (Phi) is 7.39. The predicted molar refractivity (Wildman–Crippen MR) is 102 cm³/mol. The minimum absolute atomic E-state index is 0.259. The first kappa shape index (κ1) is 21.2. The molecule has 0 aliphatic carbocycles. The van der Waals surface area contributed by atoms with Crippen molar-refractivity contribution in [3.05, 3.63) is 58.1 Å². The number of halogens is 1. The third-order valence-corrected chi connectivity index (χ3v) is 4.45. The molecule has 0 bridgehead atoms. The van der Waals surface area contributed by atoms with E-state index >= 15 is 0 Å². The second-order valence-electron chi connectivity index (χ2n) is 5.75. The SMILES string of the molecule is COc1cc(C(CC(=O)[O-])NC(=O)c2ccccc2Br)ccc1OCC(N)=O. The molecule has 0 heterocycles. The van der Waals surface area contributed by atoms with Gasteiger partial charge in [-0.25, -0.2) is 0 Å². The minimum atomic E-state index is -1.33. The average Bonchev–Trinajstić information content (AvgIpc) is 2.65. The van der Waals surface area contributed by atoms with Crippen molar-refractivity contribution in [2.75, 3.05) is 13.7 Å². The molecule has 2 aromatic rings. The molecule has 2 amide bonds. The molecule has 0 aliphatic heterocycles. The van der Waals surface area contributed by atoms with Crippen molar-refractivity contribution in [1.82, 2.24) is 5.32 Å². The summed E-state index contributed by atoms with van der Waals surface area (Å²) in [4.78, 5) is 34.6. The van der Waals surface area contributed by atoms with Crippen LogP contribution in [0, 0.1) is 0 Å². The summed E-state index contributed by atoms with van der Waals surface area (Å²) in [7, 11) is 1.39. The van der Waals surface area contributed by atoms with Crippen LogP contribution in [0.15, 0.2) is 46.9 Å². The molecular weight excluding hydrogens is 432 g/mol. The van der Waals surface area contributed by atoms with Crippen LogP contribution in [-0.2, 0) is 9.59 Å². The molecule has 2 rings (SSSR count). The Balaban J connectivity index is 2.29. The first-order valence-corrected chi connectivity index (χ1v) is 8.95. The molecule has 8 nitrogen and oxygen atoms in total. The van der Waals surface area contributed by atoms with Crippen LogP contribution >= 0.6 is 15.9 Å². The van der Waals surface area contributed by atoms with Crippen LogP contribution < -0.4 is 25.6 Å². The highest BCUT2D eigenvalue weighted by molar-refractivity contribution is 9.10. The molecule has 0 aliphatic rings. The van der Waals surface area contributed by atoms with E-state index in [2.05, 4.69) is 21.2 Å². The van der Waals surface area contributed by atoms with Gasteiger partial charge in [0.25, 0.3) is 11.8 Å². The van der Waals surface area contributed by atoms with E-state index in [9.17, 15) is 19.5 Å². The molecule has 148 valence electrons. The van der Waals surface area contributed by atoms with Gasteiger partial charge in [-0.15, -0.1) is 0 Å². The maximum absolute atomic E-state index is 12.6. The average molecular weight is 450 g/mol. The number of carbonyl (C=O) groups excluding carboxylic acids is 3. The maximum atomic E-state index is 12.6. The number of carboxylic acid groups (broad SMARTS) is 1. The monoisotopic (exact) mass is 449 g/mol. The summed E-state index contributed by atoms with van der Waals surface area (Å²) in [6, 6.07) is 10.5. The van der Waals surface area contributed by atoms with Crippen molar-refractivity contribution in [2.24, 2.45) is 5.73 Å². The lowest BCUT2D eigenvalue weighted by Crippen LogP contribution is -2.34. The summed E-state index contributed by atoms with van der Waals surface area (Å²) in [5.41, 5.74) is 5.88. The zero-order chi connectivity index (χ0) is 20.7. The summed E-state index contributed by atoms with van der Waals surface area (Å²) < 4.78 is 11.0. The Morgan fingerprint density at radius 2 is 1.89 bits per heavy atom. The summed E-state index contributed by atoms with van der Waals surface area (Å²) >= 11 is 3.29. The largest absolute Gasteiger partial charge is 0.550 e. The van der Waals surface area contributed by atoms with Crippen molar-refractivity contribution >= 4 is 33.7 Å². The molecule has 9 heteroatoms. The van der Waals surface area contributed by atoms with Crippen LogP contribution in [0.5, 0.6) is 11.5 Å². The summed E-state index contributed by atoms with van der Waals surface area (Å²) in [6.07, 6.45) is -0.444. The molecule has 0 spiro atoms. The van der Waals surface area contributed by atoms with E-state index in [0.717, 1.165) is 0 Å². The Morgan fingerprint density at radius 3 is 2.50 bits per heavy atom. The van der Waals surface area contributed by atoms with E-state index in [1.54, 1.807) is 30.3 Å². The second kappa shape index (κ2) is 9.75. The van der Waals surface area contributed by atoms with Gasteiger partial charge in [0.1, 0.15) is 0 Å². The molecule has 3 N–H and O–H groups in total. The molecule has 1 atom stereocenters. The lowest BCUT2D eigenvalue weighted by Gasteiger charge is -2.21. The number of primary amides is 1. The van der Waals surface area contributed by atoms with Crippen molar-refractivity contribution in [3.63, 3.8) is 0 Å². The van der Waals surface area contributed by atoms with Crippen LogP contribution in [0.25, 0.3) is 0 Å². The summed E-state index contributed by atoms with van der Waals surface area (Å²) in [5.74, 6) is -1.91. The first-order chi connectivity index (χ1) is 13.3. The first-order valence-electron chi connectivity index (χ1n) is 8.16. The smallest absolute Gasteiger partial charge is 0.255 e. The number of benzene rings is 2. The number of ether oxygens (including phenoxy) is 2. The Bertz CT molecular complexity index is 886. The number of amides is 2. The molecular formula is C19H18BrN2O6-. The van der Waals surface area contributed by atoms with Gasteiger partial charge in [0, 0.05) is 16.9 Å². The van der Waals surface area contributed by atoms with E-state index in [1.807, 2.05) is 0 Å². The van der Waals surface area contributed by atoms with E-state index in [1.165, 1.54) is 19.2 Å². The van der Waals surface area contributed by atoms with Crippen molar-refractivity contribution in [1.29, 1.82) is 0 Å². The number of methoxy groups -OCH3 is 1. The third kappa shape index (κ3) is 5.71. The third-order valence-electron chi connectivity index (χ3n) is 3.75. The number of rotatable bonds is 9. The van der Waals surface area contributed by atoms with Gasteiger partial charge < -0.3 is 30.4 Å². The zero-order valence-electron chi connectivity index (χ0n) is 14.9. The standard InChI is InChI=1S/C19H19BrN2O6/c1-27-16-8-11(6-7-15(16)28-10-17(21)23)14(9-18(24)25)22-19(26)12-4-2-3-5-13(12)20/h2-8,14H,9-10H2,1H3,(H2,21,23)(H,22,26)(H,24,25)/p-1. The maximum Gasteiger partial charge on any atom is 0.255 e. The minimum Gasteiger partial charge on any atom is -0.550 e. The second-order valence-corrected chi connectivity index (χ2v) is 6.60. The number of nitrogens with one attached hydrogen (secondary N) is 1. The van der Waals surface area contributed by atoms with Crippen LogP contribution in [0.4, 0.5) is 0 Å². The highest BCUT2D eigenvalue weighted by atomic mass is 79.9. The van der Waals surface area contributed by atoms with Crippen LogP contribution in [0.3, 0.4) is 0 Å². The number of hydrogen-bond acceptors (Lipinski definition) is 6. The molecule has 28 heavy (non-hydrogen) atoms. The predicted octanol–water partition coefficient (Wildman–Crippen LogP) is 0.933. The van der Waals surface area contributed by atoms with Crippen LogP contribution in [0.2, 0.25) is 0 Å². The highest BCUT2D eigenvalue weighted by Gasteiger charge is 2.19. The van der Waals surface area contributed by atoms with E-state index in [4.69, 9.17) is 15.2 Å². The quantitative estimate of drug-likeness (QED) is 0.585. The van der Waals surface area contributed by atoms with E-state index in [0.29, 0.717) is 15.6 Å². The number of aliphatic carboxylic acids is 1. The van der Waals surface area contributed by atoms with Gasteiger partial charge in [-0.2, -0.15) is 0 Å². The molecule has 2 aromatic carbocycles. The van der Waals surface area contributed by atoms with Gasteiger partial charge in [-0.3, -0.25) is 9.59 Å². The van der Waals surface area contributed by atoms with E-state index < -0.39 is 30.2 Å². The summed E-state index contributed by atoms with van der Waals surface area (Å²) in [6.45, 7) is -0.336. The number of hydrogen-bond donors (Lipinski definition) is 2. The molecule has 0 saturated heterocycles. The number of carboxylic acids is 1. The Hall–Kier alpha value is -3.07. The molecule has 1 unspecified atom stereocenters. The number of carbonyl (C=O) groups is 3. The molecule has 0 saturated carbocycles. The number of nitrogens with two attached hydrogens (primary N) is 1. The van der Waals surface area contributed by atoms with Crippen LogP contribution in [0.1, 0.15) is 28.4 Å². The van der Waals surface area contributed by atoms with Crippen molar-refractivity contribution in [2.45, 2.75) is 12.5 Å². The van der Waals surface area contributed by atoms with Crippen LogP contribution in [-0.4, -0.2) is 31.5 Å². The Morgan fingerprint density at radius 1 is 1.18 bits per heavy atom. The van der Waals surface area contributed by atoms with Gasteiger partial charge in [-0.05, 0) is 45.8 Å². The van der Waals surface area contributed by atoms with Gasteiger partial charge in [0.2, 0.25) is 0 Å². The lowest BCUT2D eigenvalue weighted by molar-refractivity contribution is -0.306. The molecule has 0 radical (unpaired) electrons. The molecule has 0 aromatic heterocycles. The fraction of sp³-hybridized carbons (Fsp3) is 0.211. The van der Waals surface area contributed by atoms with Crippen molar-refractivity contribution < 1.29 is 29.0 Å². The fourth-order valence-corrected chi connectivity index (χ4v) is 2.93. The Labute approximate surface area is 169 Å². The topological polar surface area (TPSA) is 131 Å². The van der Waals surface area contributed by atoms with E-state index in [-0.39, 0.29) is 18.1 Å². The normalized spacial score (nSPS) is 11.4. The fourth-order valence-electron chi connectivity index (χ4n) is 2.47. The molecule has 0 fully saturated rings. The summed E-state index contributed by atoms with van der Waals surface area (Å²) in [5, 5.41) is 13.9. The van der Waals surface area contributed by atoms with Gasteiger partial charge in [0.05, 0.1) is 18.7 Å². The lowest BCUT2D eigenvalue weighted by atomic mass is 10.0. The van der Waals surface area contributed by atoms with Crippen molar-refractivity contribution in [3.8, 4) is 11.5 Å². The van der Waals surface area contributed by atoms with Gasteiger partial charge in [0.15, 0.2) is 18.1 Å². The van der Waals surface area contributed by atoms with Gasteiger partial charge in [-0.1, -0.05) is 18.2 Å². The zero-order valence-corrected chi connectivity index (χ0v) is 16.5.